The van der Waals surface area contributed by atoms with Gasteiger partial charge in [0.15, 0.2) is 0 Å². The van der Waals surface area contributed by atoms with Gasteiger partial charge in [0.2, 0.25) is 5.91 Å². The third-order valence-electron chi connectivity index (χ3n) is 3.89. The third kappa shape index (κ3) is 4.00. The van der Waals surface area contributed by atoms with Gasteiger partial charge in [0.1, 0.15) is 11.6 Å². The number of amides is 1. The zero-order valence-electron chi connectivity index (χ0n) is 11.6. The molecule has 1 aliphatic heterocycles. The van der Waals surface area contributed by atoms with Crippen LogP contribution in [0.1, 0.15) is 18.9 Å². The van der Waals surface area contributed by atoms with Crippen molar-refractivity contribution in [1.29, 1.82) is 0 Å². The van der Waals surface area contributed by atoms with E-state index in [1.54, 1.807) is 0 Å². The topological polar surface area (TPSA) is 41.1 Å². The van der Waals surface area contributed by atoms with Crippen LogP contribution in [0, 0.1) is 23.5 Å². The number of rotatable bonds is 4. The zero-order valence-corrected chi connectivity index (χ0v) is 11.6. The highest BCUT2D eigenvalue weighted by Crippen LogP contribution is 2.17. The largest absolute Gasteiger partial charge is 0.356 e. The van der Waals surface area contributed by atoms with Crippen molar-refractivity contribution in [3.63, 3.8) is 0 Å². The van der Waals surface area contributed by atoms with E-state index in [0.29, 0.717) is 18.4 Å². The van der Waals surface area contributed by atoms with E-state index in [1.165, 1.54) is 12.1 Å². The number of carbonyl (C=O) groups excluding carboxylic acids is 1. The molecule has 1 fully saturated rings. The van der Waals surface area contributed by atoms with Crippen LogP contribution in [0.15, 0.2) is 18.2 Å². The minimum absolute atomic E-state index is 0.0501. The van der Waals surface area contributed by atoms with Gasteiger partial charge in [0.05, 0.1) is 6.42 Å². The maximum Gasteiger partial charge on any atom is 0.224 e. The lowest BCUT2D eigenvalue weighted by Crippen LogP contribution is -2.41. The van der Waals surface area contributed by atoms with Crippen LogP contribution in [-0.2, 0) is 11.2 Å². The number of piperidine rings is 1. The second kappa shape index (κ2) is 6.79. The van der Waals surface area contributed by atoms with Gasteiger partial charge in [-0.25, -0.2) is 8.78 Å². The van der Waals surface area contributed by atoms with Gasteiger partial charge < -0.3 is 10.6 Å². The summed E-state index contributed by atoms with van der Waals surface area (Å²) in [6, 6.07) is 3.29. The van der Waals surface area contributed by atoms with Crippen molar-refractivity contribution in [2.24, 2.45) is 11.8 Å². The maximum atomic E-state index is 13.4. The molecule has 0 saturated carbocycles. The molecule has 0 radical (unpaired) electrons. The Morgan fingerprint density at radius 3 is 2.95 bits per heavy atom. The van der Waals surface area contributed by atoms with Gasteiger partial charge in [0.25, 0.3) is 0 Å². The average molecular weight is 282 g/mol. The molecule has 0 spiro atoms. The molecule has 0 aromatic heterocycles. The molecular weight excluding hydrogens is 262 g/mol. The van der Waals surface area contributed by atoms with Crippen molar-refractivity contribution >= 4 is 5.91 Å². The van der Waals surface area contributed by atoms with Gasteiger partial charge in [-0.2, -0.15) is 0 Å². The molecule has 20 heavy (non-hydrogen) atoms. The van der Waals surface area contributed by atoms with E-state index in [2.05, 4.69) is 17.6 Å². The monoisotopic (exact) mass is 282 g/mol. The van der Waals surface area contributed by atoms with Crippen LogP contribution in [0.4, 0.5) is 8.78 Å². The predicted octanol–water partition coefficient (Wildman–Crippen LogP) is 1.87. The van der Waals surface area contributed by atoms with Crippen molar-refractivity contribution in [1.82, 2.24) is 10.6 Å². The molecule has 1 amide bonds. The minimum Gasteiger partial charge on any atom is -0.356 e. The van der Waals surface area contributed by atoms with Gasteiger partial charge in [-0.3, -0.25) is 4.79 Å². The molecule has 1 saturated heterocycles. The van der Waals surface area contributed by atoms with Crippen LogP contribution in [0.25, 0.3) is 0 Å². The Morgan fingerprint density at radius 1 is 1.45 bits per heavy atom. The Hall–Kier alpha value is -1.49. The summed E-state index contributed by atoms with van der Waals surface area (Å²) in [7, 11) is 0. The van der Waals surface area contributed by atoms with E-state index >= 15 is 0 Å². The van der Waals surface area contributed by atoms with Gasteiger partial charge in [-0.05, 0) is 43.0 Å². The van der Waals surface area contributed by atoms with Gasteiger partial charge in [0, 0.05) is 12.6 Å². The summed E-state index contributed by atoms with van der Waals surface area (Å²) < 4.78 is 26.2. The first-order valence-corrected chi connectivity index (χ1v) is 6.97. The normalized spacial score (nSPS) is 22.6. The van der Waals surface area contributed by atoms with Crippen LogP contribution >= 0.6 is 0 Å². The molecule has 1 aromatic rings. The zero-order chi connectivity index (χ0) is 14.5. The SMILES string of the molecule is CC1CNCCC1CNC(=O)Cc1ccc(F)cc1F. The minimum atomic E-state index is -0.671. The first-order chi connectivity index (χ1) is 9.56. The molecule has 0 aliphatic carbocycles. The fraction of sp³-hybridized carbons (Fsp3) is 0.533. The Balaban J connectivity index is 1.83. The van der Waals surface area contributed by atoms with Crippen molar-refractivity contribution in [2.45, 2.75) is 19.8 Å². The van der Waals surface area contributed by atoms with Crippen LogP contribution in [-0.4, -0.2) is 25.5 Å². The number of benzene rings is 1. The molecule has 110 valence electrons. The second-order valence-corrected chi connectivity index (χ2v) is 5.45. The smallest absolute Gasteiger partial charge is 0.224 e. The summed E-state index contributed by atoms with van der Waals surface area (Å²) in [5.41, 5.74) is 0.224. The summed E-state index contributed by atoms with van der Waals surface area (Å²) in [5.74, 6) is -0.545. The number of nitrogens with one attached hydrogen (secondary N) is 2. The van der Waals surface area contributed by atoms with Crippen LogP contribution < -0.4 is 10.6 Å². The van der Waals surface area contributed by atoms with E-state index in [1.807, 2.05) is 0 Å². The van der Waals surface area contributed by atoms with Crippen LogP contribution in [0.2, 0.25) is 0 Å². The van der Waals surface area contributed by atoms with Gasteiger partial charge >= 0.3 is 0 Å². The first kappa shape index (κ1) is 14.9. The molecule has 1 aromatic carbocycles. The quantitative estimate of drug-likeness (QED) is 0.885. The van der Waals surface area contributed by atoms with Crippen molar-refractivity contribution in [2.75, 3.05) is 19.6 Å². The lowest BCUT2D eigenvalue weighted by Gasteiger charge is -2.29. The highest BCUT2D eigenvalue weighted by molar-refractivity contribution is 5.78. The Bertz CT molecular complexity index is 479. The molecule has 2 rings (SSSR count). The van der Waals surface area contributed by atoms with Crippen molar-refractivity contribution < 1.29 is 13.6 Å². The van der Waals surface area contributed by atoms with Crippen LogP contribution in [0.3, 0.4) is 0 Å². The number of hydrogen-bond acceptors (Lipinski definition) is 2. The van der Waals surface area contributed by atoms with Crippen molar-refractivity contribution in [3.8, 4) is 0 Å². The third-order valence-corrected chi connectivity index (χ3v) is 3.89. The molecule has 5 heteroatoms. The summed E-state index contributed by atoms with van der Waals surface area (Å²) in [6.07, 6.45) is 0.984. The van der Waals surface area contributed by atoms with Gasteiger partial charge in [-0.1, -0.05) is 13.0 Å². The number of carbonyl (C=O) groups is 1. The lowest BCUT2D eigenvalue weighted by atomic mass is 9.88. The fourth-order valence-corrected chi connectivity index (χ4v) is 2.52. The summed E-state index contributed by atoms with van der Waals surface area (Å²) >= 11 is 0. The molecule has 1 aliphatic rings. The molecule has 0 bridgehead atoms. The van der Waals surface area contributed by atoms with E-state index < -0.39 is 11.6 Å². The summed E-state index contributed by atoms with van der Waals surface area (Å²) in [4.78, 5) is 11.8. The molecule has 2 N–H and O–H groups in total. The predicted molar refractivity (Wildman–Crippen MR) is 73.2 cm³/mol. The Labute approximate surface area is 117 Å². The van der Waals surface area contributed by atoms with E-state index in [4.69, 9.17) is 0 Å². The van der Waals surface area contributed by atoms with E-state index in [0.717, 1.165) is 25.6 Å². The van der Waals surface area contributed by atoms with Crippen molar-refractivity contribution in [3.05, 3.63) is 35.4 Å². The molecule has 3 nitrogen and oxygen atoms in total. The van der Waals surface area contributed by atoms with Gasteiger partial charge in [-0.15, -0.1) is 0 Å². The summed E-state index contributed by atoms with van der Waals surface area (Å²) in [5, 5.41) is 6.15. The Morgan fingerprint density at radius 2 is 2.25 bits per heavy atom. The van der Waals surface area contributed by atoms with Crippen LogP contribution in [0.5, 0.6) is 0 Å². The molecule has 2 atom stereocenters. The molecule has 1 heterocycles. The number of hydrogen-bond donors (Lipinski definition) is 2. The van der Waals surface area contributed by atoms with E-state index in [-0.39, 0.29) is 17.9 Å². The standard InChI is InChI=1S/C15H20F2N2O/c1-10-8-18-5-4-12(10)9-19-15(20)6-11-2-3-13(16)7-14(11)17/h2-3,7,10,12,18H,4-6,8-9H2,1H3,(H,19,20). The first-order valence-electron chi connectivity index (χ1n) is 6.97. The Kier molecular flexibility index (Phi) is 5.06. The number of halogens is 2. The molecule has 2 unspecified atom stereocenters. The van der Waals surface area contributed by atoms with E-state index in [9.17, 15) is 13.6 Å². The molecular formula is C15H20F2N2O. The fourth-order valence-electron chi connectivity index (χ4n) is 2.52. The highest BCUT2D eigenvalue weighted by Gasteiger charge is 2.21. The second-order valence-electron chi connectivity index (χ2n) is 5.45. The average Bonchev–Trinajstić information content (AvgIpc) is 2.41. The maximum absolute atomic E-state index is 13.4. The highest BCUT2D eigenvalue weighted by atomic mass is 19.1. The summed E-state index contributed by atoms with van der Waals surface area (Å²) in [6.45, 7) is 4.71. The lowest BCUT2D eigenvalue weighted by molar-refractivity contribution is -0.120.